The lowest BCUT2D eigenvalue weighted by atomic mass is 9.66. The average molecular weight is 585 g/mol. The Labute approximate surface area is 248 Å². The molecule has 0 aliphatic carbocycles. The van der Waals surface area contributed by atoms with Crippen molar-refractivity contribution in [2.75, 3.05) is 86.9 Å². The fraction of sp³-hybridized carbons (Fsp3) is 0.455. The quantitative estimate of drug-likeness (QED) is 0.136. The molecule has 3 aromatic rings. The third-order valence-corrected chi connectivity index (χ3v) is 6.82. The average Bonchev–Trinajstić information content (AvgIpc) is 3.04. The van der Waals surface area contributed by atoms with Crippen LogP contribution < -0.4 is 9.47 Å². The molecule has 0 spiro atoms. The Morgan fingerprint density at radius 2 is 0.905 bits per heavy atom. The Kier molecular flexibility index (Phi) is 15.3. The van der Waals surface area contributed by atoms with Gasteiger partial charge in [-0.25, -0.2) is 0 Å². The molecule has 9 nitrogen and oxygen atoms in total. The second kappa shape index (κ2) is 19.2. The number of benzene rings is 3. The summed E-state index contributed by atoms with van der Waals surface area (Å²) in [6.45, 7) is 3.83. The molecule has 0 fully saturated rings. The lowest BCUT2D eigenvalue weighted by Crippen LogP contribution is -2.44. The van der Waals surface area contributed by atoms with Gasteiger partial charge in [0.1, 0.15) is 11.5 Å². The van der Waals surface area contributed by atoms with Gasteiger partial charge in [0.2, 0.25) is 0 Å². The Balaban J connectivity index is 1.58. The topological polar surface area (TPSA) is 105 Å². The molecule has 0 bridgehead atoms. The number of ether oxygens (including phenoxy) is 7. The van der Waals surface area contributed by atoms with Crippen LogP contribution in [0.5, 0.6) is 11.5 Å². The molecule has 0 aliphatic rings. The Morgan fingerprint density at radius 1 is 0.524 bits per heavy atom. The largest absolute Gasteiger partial charge is 0.497 e. The number of aliphatic hydroxyl groups excluding tert-OH is 2. The van der Waals surface area contributed by atoms with E-state index >= 15 is 0 Å². The van der Waals surface area contributed by atoms with Crippen LogP contribution in [0, 0.1) is 0 Å². The Morgan fingerprint density at radius 3 is 1.31 bits per heavy atom. The van der Waals surface area contributed by atoms with Crippen LogP contribution in [0.25, 0.3) is 0 Å². The number of hydrogen-bond acceptors (Lipinski definition) is 9. The summed E-state index contributed by atoms with van der Waals surface area (Å²) >= 11 is 0. The van der Waals surface area contributed by atoms with Crippen LogP contribution in [0.2, 0.25) is 0 Å². The van der Waals surface area contributed by atoms with Crippen molar-refractivity contribution in [1.82, 2.24) is 0 Å². The normalized spacial score (nSPS) is 12.3. The van der Waals surface area contributed by atoms with Crippen molar-refractivity contribution in [3.8, 4) is 11.5 Å². The van der Waals surface area contributed by atoms with E-state index in [1.807, 2.05) is 78.9 Å². The molecular weight excluding hydrogens is 540 g/mol. The smallest absolute Gasteiger partial charge is 0.118 e. The highest BCUT2D eigenvalue weighted by Crippen LogP contribution is 2.43. The molecule has 3 aromatic carbocycles. The molecule has 0 amide bonds. The minimum absolute atomic E-state index is 0.0105. The van der Waals surface area contributed by atoms with Gasteiger partial charge in [-0.3, -0.25) is 0 Å². The van der Waals surface area contributed by atoms with Crippen LogP contribution in [-0.2, 0) is 29.1 Å². The van der Waals surface area contributed by atoms with E-state index in [4.69, 9.17) is 38.3 Å². The minimum Gasteiger partial charge on any atom is -0.497 e. The number of methoxy groups -OCH3 is 2. The fourth-order valence-electron chi connectivity index (χ4n) is 4.75. The summed E-state index contributed by atoms with van der Waals surface area (Å²) in [5.41, 5.74) is 1.84. The van der Waals surface area contributed by atoms with Gasteiger partial charge in [0.05, 0.1) is 98.4 Å². The summed E-state index contributed by atoms with van der Waals surface area (Å²) in [4.78, 5) is 0. The second-order valence-electron chi connectivity index (χ2n) is 9.39. The molecule has 0 aromatic heterocycles. The highest BCUT2D eigenvalue weighted by Gasteiger charge is 2.43. The van der Waals surface area contributed by atoms with Crippen LogP contribution in [-0.4, -0.2) is 103 Å². The third-order valence-electron chi connectivity index (χ3n) is 6.82. The monoisotopic (exact) mass is 584 g/mol. The number of rotatable bonds is 22. The highest BCUT2D eigenvalue weighted by molar-refractivity contribution is 5.53. The Hall–Kier alpha value is -3.02. The van der Waals surface area contributed by atoms with Gasteiger partial charge in [0, 0.05) is 0 Å². The van der Waals surface area contributed by atoms with E-state index in [0.717, 1.165) is 28.2 Å². The zero-order valence-corrected chi connectivity index (χ0v) is 24.6. The zero-order chi connectivity index (χ0) is 29.9. The van der Waals surface area contributed by atoms with Crippen molar-refractivity contribution >= 4 is 0 Å². The van der Waals surface area contributed by atoms with Crippen LogP contribution >= 0.6 is 0 Å². The maximum absolute atomic E-state index is 11.9. The van der Waals surface area contributed by atoms with Gasteiger partial charge in [0.15, 0.2) is 0 Å². The minimum atomic E-state index is -0.918. The first-order valence-corrected chi connectivity index (χ1v) is 14.2. The van der Waals surface area contributed by atoms with Gasteiger partial charge >= 0.3 is 0 Å². The predicted molar refractivity (Wildman–Crippen MR) is 159 cm³/mol. The predicted octanol–water partition coefficient (Wildman–Crippen LogP) is 3.47. The molecule has 1 unspecified atom stereocenters. The first-order valence-electron chi connectivity index (χ1n) is 14.2. The maximum atomic E-state index is 11.9. The van der Waals surface area contributed by atoms with E-state index in [1.54, 1.807) is 14.2 Å². The molecular formula is C33H44O9. The second-order valence-corrected chi connectivity index (χ2v) is 9.39. The maximum Gasteiger partial charge on any atom is 0.118 e. The number of hydrogen-bond donors (Lipinski definition) is 2. The number of aliphatic hydroxyl groups is 2. The molecule has 9 heteroatoms. The molecule has 0 saturated carbocycles. The van der Waals surface area contributed by atoms with Gasteiger partial charge in [0.25, 0.3) is 0 Å². The molecule has 1 atom stereocenters. The van der Waals surface area contributed by atoms with Crippen LogP contribution in [0.4, 0.5) is 0 Å². The lowest BCUT2D eigenvalue weighted by molar-refractivity contribution is -0.0285. The third kappa shape index (κ3) is 9.78. The molecule has 0 aliphatic heterocycles. The summed E-state index contributed by atoms with van der Waals surface area (Å²) < 4.78 is 38.4. The van der Waals surface area contributed by atoms with Gasteiger partial charge in [-0.15, -0.1) is 0 Å². The van der Waals surface area contributed by atoms with Gasteiger partial charge in [-0.05, 0) is 41.0 Å². The van der Waals surface area contributed by atoms with E-state index in [1.165, 1.54) is 0 Å². The molecule has 0 radical (unpaired) electrons. The highest BCUT2D eigenvalue weighted by atomic mass is 16.6. The van der Waals surface area contributed by atoms with Crippen molar-refractivity contribution in [3.05, 3.63) is 95.6 Å². The summed E-state index contributed by atoms with van der Waals surface area (Å²) in [6, 6.07) is 25.5. The van der Waals surface area contributed by atoms with Crippen molar-refractivity contribution in [1.29, 1.82) is 0 Å². The first kappa shape index (κ1) is 33.5. The SMILES string of the molecule is COc1ccc(C(c2ccccc2)(c2ccc(OC)cc2)C(O)COCCOCCOCCOCCOCCO)cc1. The molecule has 3 rings (SSSR count). The van der Waals surface area contributed by atoms with E-state index in [9.17, 15) is 5.11 Å². The van der Waals surface area contributed by atoms with Gasteiger partial charge in [-0.2, -0.15) is 0 Å². The van der Waals surface area contributed by atoms with E-state index in [-0.39, 0.29) is 13.2 Å². The standard InChI is InChI=1S/C33H44O9/c1-36-30-12-8-28(9-13-30)33(27-6-4-3-5-7-27,29-10-14-31(37-2)15-11-29)32(35)26-42-25-24-41-23-22-40-21-20-39-19-18-38-17-16-34/h3-15,32,34-35H,16-26H2,1-2H3. The van der Waals surface area contributed by atoms with Gasteiger partial charge in [-0.1, -0.05) is 54.6 Å². The van der Waals surface area contributed by atoms with Crippen LogP contribution in [0.15, 0.2) is 78.9 Å². The molecule has 230 valence electrons. The van der Waals surface area contributed by atoms with Crippen molar-refractivity contribution in [2.24, 2.45) is 0 Å². The zero-order valence-electron chi connectivity index (χ0n) is 24.6. The summed E-state index contributed by atoms with van der Waals surface area (Å²) in [5, 5.41) is 20.5. The van der Waals surface area contributed by atoms with Crippen LogP contribution in [0.1, 0.15) is 16.7 Å². The van der Waals surface area contributed by atoms with E-state index in [2.05, 4.69) is 0 Å². The molecule has 0 heterocycles. The Bertz CT molecular complexity index is 1040. The van der Waals surface area contributed by atoms with Crippen molar-refractivity contribution in [2.45, 2.75) is 11.5 Å². The summed E-state index contributed by atoms with van der Waals surface area (Å²) in [7, 11) is 3.27. The summed E-state index contributed by atoms with van der Waals surface area (Å²) in [5.74, 6) is 1.47. The molecule has 42 heavy (non-hydrogen) atoms. The van der Waals surface area contributed by atoms with E-state index < -0.39 is 11.5 Å². The summed E-state index contributed by atoms with van der Waals surface area (Å²) in [6.07, 6.45) is -0.918. The fourth-order valence-corrected chi connectivity index (χ4v) is 4.75. The lowest BCUT2D eigenvalue weighted by Gasteiger charge is -2.40. The van der Waals surface area contributed by atoms with Crippen molar-refractivity contribution < 1.29 is 43.4 Å². The van der Waals surface area contributed by atoms with Crippen molar-refractivity contribution in [3.63, 3.8) is 0 Å². The molecule has 2 N–H and O–H groups in total. The van der Waals surface area contributed by atoms with Crippen LogP contribution in [0.3, 0.4) is 0 Å². The first-order chi connectivity index (χ1) is 20.7. The van der Waals surface area contributed by atoms with E-state index in [0.29, 0.717) is 59.5 Å². The molecule has 0 saturated heterocycles. The van der Waals surface area contributed by atoms with Gasteiger partial charge < -0.3 is 43.4 Å².